The number of oxazole rings is 1. The molecule has 0 spiro atoms. The van der Waals surface area contributed by atoms with Gasteiger partial charge < -0.3 is 14.8 Å². The third-order valence-electron chi connectivity index (χ3n) is 2.23. The van der Waals surface area contributed by atoms with Crippen LogP contribution in [-0.4, -0.2) is 16.0 Å². The van der Waals surface area contributed by atoms with Gasteiger partial charge in [0.1, 0.15) is 5.75 Å². The molecule has 88 valence electrons. The number of rotatable bonds is 2. The van der Waals surface area contributed by atoms with Gasteiger partial charge in [-0.2, -0.15) is 0 Å². The Balaban J connectivity index is 2.17. The van der Waals surface area contributed by atoms with Crippen molar-refractivity contribution in [3.63, 3.8) is 0 Å². The van der Waals surface area contributed by atoms with E-state index >= 15 is 0 Å². The van der Waals surface area contributed by atoms with Crippen molar-refractivity contribution in [1.29, 1.82) is 0 Å². The van der Waals surface area contributed by atoms with E-state index in [-0.39, 0.29) is 17.4 Å². The maximum atomic E-state index is 11.8. The van der Waals surface area contributed by atoms with Crippen LogP contribution in [0.4, 0.5) is 5.69 Å². The van der Waals surface area contributed by atoms with Crippen LogP contribution in [0.15, 0.2) is 28.7 Å². The lowest BCUT2D eigenvalue weighted by Crippen LogP contribution is -2.12. The predicted octanol–water partition coefficient (Wildman–Crippen LogP) is 2.25. The second-order valence-corrected chi connectivity index (χ2v) is 3.65. The first-order valence-corrected chi connectivity index (χ1v) is 5.10. The van der Waals surface area contributed by atoms with Gasteiger partial charge in [-0.3, -0.25) is 4.79 Å². The van der Waals surface area contributed by atoms with Gasteiger partial charge >= 0.3 is 0 Å². The SMILES string of the molecule is Cc1nc(C)c(C(=O)Nc2ccc(O)cc2)o1. The van der Waals surface area contributed by atoms with Gasteiger partial charge in [0, 0.05) is 12.6 Å². The molecule has 1 aromatic heterocycles. The van der Waals surface area contributed by atoms with Crippen molar-refractivity contribution in [2.45, 2.75) is 13.8 Å². The smallest absolute Gasteiger partial charge is 0.293 e. The fraction of sp³-hybridized carbons (Fsp3) is 0.167. The highest BCUT2D eigenvalue weighted by Crippen LogP contribution is 2.16. The van der Waals surface area contributed by atoms with E-state index in [4.69, 9.17) is 9.52 Å². The Labute approximate surface area is 98.1 Å². The minimum absolute atomic E-state index is 0.148. The van der Waals surface area contributed by atoms with Crippen LogP contribution >= 0.6 is 0 Å². The summed E-state index contributed by atoms with van der Waals surface area (Å²) in [6, 6.07) is 6.19. The third-order valence-corrected chi connectivity index (χ3v) is 2.23. The van der Waals surface area contributed by atoms with E-state index in [0.717, 1.165) is 0 Å². The number of aryl methyl sites for hydroxylation is 2. The van der Waals surface area contributed by atoms with Crippen LogP contribution < -0.4 is 5.32 Å². The van der Waals surface area contributed by atoms with E-state index < -0.39 is 0 Å². The van der Waals surface area contributed by atoms with Crippen LogP contribution in [0, 0.1) is 13.8 Å². The summed E-state index contributed by atoms with van der Waals surface area (Å²) >= 11 is 0. The first-order valence-electron chi connectivity index (χ1n) is 5.10. The summed E-state index contributed by atoms with van der Waals surface area (Å²) < 4.78 is 5.20. The molecule has 0 radical (unpaired) electrons. The Morgan fingerprint density at radius 1 is 1.29 bits per heavy atom. The van der Waals surface area contributed by atoms with Crippen molar-refractivity contribution in [2.75, 3.05) is 5.32 Å². The molecular weight excluding hydrogens is 220 g/mol. The number of carbonyl (C=O) groups excluding carboxylic acids is 1. The topological polar surface area (TPSA) is 75.4 Å². The Hall–Kier alpha value is -2.30. The van der Waals surface area contributed by atoms with Crippen molar-refractivity contribution < 1.29 is 14.3 Å². The molecule has 2 rings (SSSR count). The second kappa shape index (κ2) is 4.29. The minimum atomic E-state index is -0.353. The normalized spacial score (nSPS) is 10.2. The predicted molar refractivity (Wildman–Crippen MR) is 62.0 cm³/mol. The third kappa shape index (κ3) is 2.44. The van der Waals surface area contributed by atoms with E-state index in [1.165, 1.54) is 12.1 Å². The summed E-state index contributed by atoms with van der Waals surface area (Å²) in [5, 5.41) is 11.8. The fourth-order valence-corrected chi connectivity index (χ4v) is 1.47. The summed E-state index contributed by atoms with van der Waals surface area (Å²) in [6.45, 7) is 3.40. The number of benzene rings is 1. The van der Waals surface area contributed by atoms with Gasteiger partial charge in [-0.05, 0) is 31.2 Å². The zero-order valence-electron chi connectivity index (χ0n) is 9.52. The molecule has 0 saturated heterocycles. The van der Waals surface area contributed by atoms with Crippen LogP contribution in [-0.2, 0) is 0 Å². The molecule has 5 heteroatoms. The number of aromatic nitrogens is 1. The fourth-order valence-electron chi connectivity index (χ4n) is 1.47. The van der Waals surface area contributed by atoms with E-state index in [0.29, 0.717) is 17.3 Å². The first-order chi connectivity index (χ1) is 8.06. The zero-order valence-corrected chi connectivity index (χ0v) is 9.52. The molecule has 2 N–H and O–H groups in total. The number of phenols is 1. The zero-order chi connectivity index (χ0) is 12.4. The van der Waals surface area contributed by atoms with E-state index in [1.807, 2.05) is 0 Å². The van der Waals surface area contributed by atoms with Crippen molar-refractivity contribution >= 4 is 11.6 Å². The monoisotopic (exact) mass is 232 g/mol. The Kier molecular flexibility index (Phi) is 2.82. The molecule has 17 heavy (non-hydrogen) atoms. The van der Waals surface area contributed by atoms with Crippen LogP contribution in [0.5, 0.6) is 5.75 Å². The minimum Gasteiger partial charge on any atom is -0.508 e. The highest BCUT2D eigenvalue weighted by atomic mass is 16.4. The molecule has 0 aliphatic heterocycles. The molecule has 1 amide bonds. The molecule has 0 bridgehead atoms. The summed E-state index contributed by atoms with van der Waals surface area (Å²) in [6.07, 6.45) is 0. The van der Waals surface area contributed by atoms with Crippen molar-refractivity contribution in [2.24, 2.45) is 0 Å². The van der Waals surface area contributed by atoms with Gasteiger partial charge in [0.05, 0.1) is 5.69 Å². The van der Waals surface area contributed by atoms with E-state index in [2.05, 4.69) is 10.3 Å². The summed E-state index contributed by atoms with van der Waals surface area (Å²) in [5.41, 5.74) is 1.14. The Bertz CT molecular complexity index is 543. The van der Waals surface area contributed by atoms with Gasteiger partial charge in [0.25, 0.3) is 5.91 Å². The molecule has 0 fully saturated rings. The lowest BCUT2D eigenvalue weighted by molar-refractivity contribution is 0.0994. The van der Waals surface area contributed by atoms with Crippen LogP contribution in [0.2, 0.25) is 0 Å². The summed E-state index contributed by atoms with van der Waals surface area (Å²) in [5.74, 6) is 0.456. The number of aromatic hydroxyl groups is 1. The van der Waals surface area contributed by atoms with Gasteiger partial charge in [0.2, 0.25) is 5.76 Å². The molecule has 1 heterocycles. The number of anilines is 1. The summed E-state index contributed by atoms with van der Waals surface area (Å²) in [4.78, 5) is 15.8. The lowest BCUT2D eigenvalue weighted by atomic mass is 10.3. The van der Waals surface area contributed by atoms with Crippen LogP contribution in [0.3, 0.4) is 0 Å². The number of hydrogen-bond donors (Lipinski definition) is 2. The van der Waals surface area contributed by atoms with Crippen molar-refractivity contribution in [3.05, 3.63) is 41.6 Å². The first kappa shape index (κ1) is 11.2. The molecule has 0 aliphatic carbocycles. The van der Waals surface area contributed by atoms with Crippen molar-refractivity contribution in [1.82, 2.24) is 4.98 Å². The lowest BCUT2D eigenvalue weighted by Gasteiger charge is -2.03. The number of phenolic OH excluding ortho intramolecular Hbond substituents is 1. The highest BCUT2D eigenvalue weighted by Gasteiger charge is 2.15. The van der Waals surface area contributed by atoms with Gasteiger partial charge in [-0.15, -0.1) is 0 Å². The van der Waals surface area contributed by atoms with Crippen LogP contribution in [0.25, 0.3) is 0 Å². The molecule has 2 aromatic rings. The average Bonchev–Trinajstić information content (AvgIpc) is 2.61. The Morgan fingerprint density at radius 3 is 2.47 bits per heavy atom. The Morgan fingerprint density at radius 2 is 1.94 bits per heavy atom. The van der Waals surface area contributed by atoms with Gasteiger partial charge in [-0.1, -0.05) is 0 Å². The number of amides is 1. The molecule has 0 saturated carbocycles. The molecular formula is C12H12N2O3. The standard InChI is InChI=1S/C12H12N2O3/c1-7-11(17-8(2)13-7)12(16)14-9-3-5-10(15)6-4-9/h3-6,15H,1-2H3,(H,14,16). The number of hydrogen-bond acceptors (Lipinski definition) is 4. The number of carbonyl (C=O) groups is 1. The largest absolute Gasteiger partial charge is 0.508 e. The van der Waals surface area contributed by atoms with Crippen molar-refractivity contribution in [3.8, 4) is 5.75 Å². The van der Waals surface area contributed by atoms with E-state index in [9.17, 15) is 4.79 Å². The summed E-state index contributed by atoms with van der Waals surface area (Å²) in [7, 11) is 0. The van der Waals surface area contributed by atoms with Crippen LogP contribution in [0.1, 0.15) is 22.1 Å². The number of nitrogens with zero attached hydrogens (tertiary/aromatic N) is 1. The molecule has 1 aromatic carbocycles. The number of nitrogens with one attached hydrogen (secondary N) is 1. The van der Waals surface area contributed by atoms with Gasteiger partial charge in [0.15, 0.2) is 5.89 Å². The molecule has 0 aliphatic rings. The maximum Gasteiger partial charge on any atom is 0.293 e. The molecule has 0 unspecified atom stereocenters. The average molecular weight is 232 g/mol. The highest BCUT2D eigenvalue weighted by molar-refractivity contribution is 6.02. The molecule has 0 atom stereocenters. The van der Waals surface area contributed by atoms with Gasteiger partial charge in [-0.25, -0.2) is 4.98 Å². The maximum absolute atomic E-state index is 11.8. The molecule has 5 nitrogen and oxygen atoms in total. The second-order valence-electron chi connectivity index (χ2n) is 3.65. The van der Waals surface area contributed by atoms with E-state index in [1.54, 1.807) is 26.0 Å². The quantitative estimate of drug-likeness (QED) is 0.778.